The molecule has 0 bridgehead atoms. The van der Waals surface area contributed by atoms with Crippen molar-refractivity contribution in [3.8, 4) is 0 Å². The molecule has 0 aromatic carbocycles. The van der Waals surface area contributed by atoms with Crippen molar-refractivity contribution in [3.05, 3.63) is 0 Å². The molecule has 1 aliphatic heterocycles. The Morgan fingerprint density at radius 2 is 2.33 bits per heavy atom. The lowest BCUT2D eigenvalue weighted by Gasteiger charge is -2.06. The van der Waals surface area contributed by atoms with Crippen LogP contribution in [0.4, 0.5) is 0 Å². The Balaban J connectivity index is 2.73. The summed E-state index contributed by atoms with van der Waals surface area (Å²) in [5.41, 5.74) is 0. The zero-order valence-electron chi connectivity index (χ0n) is 5.29. The fraction of sp³-hybridized carbons (Fsp3) is 0.600. The normalized spacial score (nSPS) is 24.0. The summed E-state index contributed by atoms with van der Waals surface area (Å²) >= 11 is 0. The third kappa shape index (κ3) is 0.929. The first-order valence-electron chi connectivity index (χ1n) is 2.79. The average molecular weight is 127 g/mol. The predicted molar refractivity (Wildman–Crippen MR) is 33.6 cm³/mol. The van der Waals surface area contributed by atoms with Gasteiger partial charge in [0, 0.05) is 19.9 Å². The van der Waals surface area contributed by atoms with Gasteiger partial charge in [-0.1, -0.05) is 0 Å². The van der Waals surface area contributed by atoms with Gasteiger partial charge in [0.1, 0.15) is 5.84 Å². The van der Waals surface area contributed by atoms with E-state index in [1.54, 1.807) is 7.05 Å². The Labute approximate surface area is 53.3 Å². The van der Waals surface area contributed by atoms with Crippen LogP contribution >= 0.6 is 0 Å². The Morgan fingerprint density at radius 3 is 2.56 bits per heavy atom. The van der Waals surface area contributed by atoms with Crippen LogP contribution in [0.3, 0.4) is 0 Å². The molecule has 50 valence electrons. The van der Waals surface area contributed by atoms with Crippen molar-refractivity contribution in [3.63, 3.8) is 0 Å². The minimum Gasteiger partial charge on any atom is -0.274 e. The first-order valence-corrected chi connectivity index (χ1v) is 2.79. The maximum atomic E-state index is 10.7. The number of aliphatic imine (C=N–C) groups is 1. The van der Waals surface area contributed by atoms with Gasteiger partial charge < -0.3 is 0 Å². The third-order valence-electron chi connectivity index (χ3n) is 1.37. The third-order valence-corrected chi connectivity index (χ3v) is 1.37. The smallest absolute Gasteiger partial charge is 0.242 e. The average Bonchev–Trinajstić information content (AvgIpc) is 2.15. The highest BCUT2D eigenvalue weighted by Crippen LogP contribution is 2.07. The second-order valence-corrected chi connectivity index (χ2v) is 1.90. The van der Waals surface area contributed by atoms with E-state index in [1.807, 2.05) is 0 Å². The Kier molecular flexibility index (Phi) is 1.48. The number of carbonyl (C=O) groups is 1. The molecule has 1 amide bonds. The van der Waals surface area contributed by atoms with Gasteiger partial charge in [-0.05, 0) is 0 Å². The van der Waals surface area contributed by atoms with Crippen LogP contribution in [0.15, 0.2) is 4.99 Å². The Hall–Kier alpha value is -0.900. The first kappa shape index (κ1) is 6.22. The summed E-state index contributed by atoms with van der Waals surface area (Å²) < 4.78 is 0. The second-order valence-electron chi connectivity index (χ2n) is 1.90. The number of hydrogen-bond donors (Lipinski definition) is 1. The largest absolute Gasteiger partial charge is 0.274 e. The standard InChI is InChI=1S/C5H9N3O/c1-7-4-2-3-5(9)8(4)6/h2-3,6H2,1H3. The molecule has 1 saturated heterocycles. The topological polar surface area (TPSA) is 58.7 Å². The van der Waals surface area contributed by atoms with Gasteiger partial charge in [0.25, 0.3) is 0 Å². The van der Waals surface area contributed by atoms with Gasteiger partial charge in [-0.2, -0.15) is 0 Å². The van der Waals surface area contributed by atoms with E-state index < -0.39 is 0 Å². The van der Waals surface area contributed by atoms with Crippen molar-refractivity contribution in [1.82, 2.24) is 5.01 Å². The number of nitrogens with zero attached hydrogens (tertiary/aromatic N) is 2. The molecule has 4 nitrogen and oxygen atoms in total. The van der Waals surface area contributed by atoms with Crippen molar-refractivity contribution in [2.45, 2.75) is 12.8 Å². The molecule has 4 heteroatoms. The molecule has 1 heterocycles. The van der Waals surface area contributed by atoms with E-state index in [9.17, 15) is 4.79 Å². The molecule has 0 atom stereocenters. The van der Waals surface area contributed by atoms with E-state index in [0.29, 0.717) is 18.7 Å². The second kappa shape index (κ2) is 2.14. The van der Waals surface area contributed by atoms with Crippen LogP contribution in [0.1, 0.15) is 12.8 Å². The van der Waals surface area contributed by atoms with Crippen molar-refractivity contribution >= 4 is 11.7 Å². The fourth-order valence-electron chi connectivity index (χ4n) is 0.823. The lowest BCUT2D eigenvalue weighted by molar-refractivity contribution is -0.125. The van der Waals surface area contributed by atoms with Crippen LogP contribution in [0.2, 0.25) is 0 Å². The number of carbonyl (C=O) groups excluding carboxylic acids is 1. The zero-order valence-corrected chi connectivity index (χ0v) is 5.29. The molecule has 1 aliphatic rings. The SMILES string of the molecule is CN=C1CCC(=O)N1N. The highest BCUT2D eigenvalue weighted by molar-refractivity contribution is 6.03. The van der Waals surface area contributed by atoms with Gasteiger partial charge >= 0.3 is 0 Å². The molecule has 1 rings (SSSR count). The molecule has 0 unspecified atom stereocenters. The molecule has 0 radical (unpaired) electrons. The quantitative estimate of drug-likeness (QED) is 0.352. The Bertz CT molecular complexity index is 164. The van der Waals surface area contributed by atoms with Gasteiger partial charge in [0.05, 0.1) is 0 Å². The summed E-state index contributed by atoms with van der Waals surface area (Å²) in [4.78, 5) is 14.5. The minimum absolute atomic E-state index is 0.0457. The number of nitrogens with two attached hydrogens (primary N) is 1. The summed E-state index contributed by atoms with van der Waals surface area (Å²) in [5, 5.41) is 1.11. The molecular formula is C5H9N3O. The maximum absolute atomic E-state index is 10.7. The number of hydrogen-bond acceptors (Lipinski definition) is 3. The van der Waals surface area contributed by atoms with E-state index in [0.717, 1.165) is 5.01 Å². The molecule has 9 heavy (non-hydrogen) atoms. The van der Waals surface area contributed by atoms with Crippen LogP contribution in [-0.2, 0) is 4.79 Å². The van der Waals surface area contributed by atoms with Gasteiger partial charge in [-0.3, -0.25) is 9.79 Å². The minimum atomic E-state index is -0.0457. The molecule has 0 saturated carbocycles. The van der Waals surface area contributed by atoms with E-state index >= 15 is 0 Å². The molecule has 0 aliphatic carbocycles. The summed E-state index contributed by atoms with van der Waals surface area (Å²) in [6.45, 7) is 0. The van der Waals surface area contributed by atoms with Crippen LogP contribution in [0.25, 0.3) is 0 Å². The zero-order chi connectivity index (χ0) is 6.85. The van der Waals surface area contributed by atoms with Crippen LogP contribution < -0.4 is 5.84 Å². The van der Waals surface area contributed by atoms with Gasteiger partial charge in [-0.15, -0.1) is 0 Å². The molecule has 0 spiro atoms. The van der Waals surface area contributed by atoms with E-state index in [-0.39, 0.29) is 5.91 Å². The van der Waals surface area contributed by atoms with Gasteiger partial charge in [-0.25, -0.2) is 10.9 Å². The van der Waals surface area contributed by atoms with Gasteiger partial charge in [0.2, 0.25) is 5.91 Å². The van der Waals surface area contributed by atoms with Crippen LogP contribution in [-0.4, -0.2) is 23.8 Å². The van der Waals surface area contributed by atoms with Gasteiger partial charge in [0.15, 0.2) is 0 Å². The molecular weight excluding hydrogens is 118 g/mol. The molecule has 2 N–H and O–H groups in total. The Morgan fingerprint density at radius 1 is 1.67 bits per heavy atom. The van der Waals surface area contributed by atoms with E-state index in [4.69, 9.17) is 5.84 Å². The lowest BCUT2D eigenvalue weighted by Crippen LogP contribution is -2.35. The summed E-state index contributed by atoms with van der Waals surface area (Å²) in [6.07, 6.45) is 1.19. The summed E-state index contributed by atoms with van der Waals surface area (Å²) in [7, 11) is 1.63. The number of hydrazine groups is 1. The number of amides is 1. The highest BCUT2D eigenvalue weighted by Gasteiger charge is 2.22. The lowest BCUT2D eigenvalue weighted by atomic mass is 10.4. The molecule has 0 aromatic rings. The van der Waals surface area contributed by atoms with E-state index in [1.165, 1.54) is 0 Å². The van der Waals surface area contributed by atoms with Crippen molar-refractivity contribution in [2.75, 3.05) is 7.05 Å². The monoisotopic (exact) mass is 127 g/mol. The summed E-state index contributed by atoms with van der Waals surface area (Å²) in [5.74, 6) is 5.92. The molecule has 1 fully saturated rings. The van der Waals surface area contributed by atoms with Crippen LogP contribution in [0.5, 0.6) is 0 Å². The van der Waals surface area contributed by atoms with Crippen molar-refractivity contribution < 1.29 is 4.79 Å². The highest BCUT2D eigenvalue weighted by atomic mass is 16.2. The fourth-order valence-corrected chi connectivity index (χ4v) is 0.823. The van der Waals surface area contributed by atoms with Crippen LogP contribution in [0, 0.1) is 0 Å². The first-order chi connectivity index (χ1) is 4.25. The van der Waals surface area contributed by atoms with E-state index in [2.05, 4.69) is 4.99 Å². The summed E-state index contributed by atoms with van der Waals surface area (Å²) in [6, 6.07) is 0. The molecule has 0 aromatic heterocycles. The van der Waals surface area contributed by atoms with Crippen molar-refractivity contribution in [2.24, 2.45) is 10.8 Å². The number of rotatable bonds is 0. The van der Waals surface area contributed by atoms with Crippen molar-refractivity contribution in [1.29, 1.82) is 0 Å². The maximum Gasteiger partial charge on any atom is 0.242 e. The number of amidine groups is 1. The predicted octanol–water partition coefficient (Wildman–Crippen LogP) is -0.489.